The Morgan fingerprint density at radius 2 is 2.05 bits per heavy atom. The van der Waals surface area contributed by atoms with Crippen LogP contribution in [0, 0.1) is 0 Å². The van der Waals surface area contributed by atoms with E-state index in [0.29, 0.717) is 17.9 Å². The summed E-state index contributed by atoms with van der Waals surface area (Å²) < 4.78 is 10.3. The van der Waals surface area contributed by atoms with Gasteiger partial charge in [-0.2, -0.15) is 4.98 Å². The minimum absolute atomic E-state index is 0.230. The Morgan fingerprint density at radius 1 is 1.21 bits per heavy atom. The third kappa shape index (κ3) is 2.20. The van der Waals surface area contributed by atoms with Gasteiger partial charge in [0.25, 0.3) is 0 Å². The molecule has 0 radical (unpaired) electrons. The monoisotopic (exact) mass is 260 g/mol. The van der Waals surface area contributed by atoms with Crippen molar-refractivity contribution in [3.8, 4) is 0 Å². The number of aliphatic hydroxyl groups excluding tert-OH is 1. The molecule has 0 spiro atoms. The summed E-state index contributed by atoms with van der Waals surface area (Å²) in [5, 5.41) is 17.5. The summed E-state index contributed by atoms with van der Waals surface area (Å²) in [4.78, 5) is 4.12. The Labute approximate surface area is 108 Å². The zero-order valence-corrected chi connectivity index (χ0v) is 9.98. The molecule has 2 aromatic heterocycles. The molecule has 7 nitrogen and oxygen atoms in total. The van der Waals surface area contributed by atoms with Crippen LogP contribution in [-0.2, 0) is 6.42 Å². The first-order valence-electron chi connectivity index (χ1n) is 5.80. The van der Waals surface area contributed by atoms with Crippen LogP contribution < -0.4 is 5.73 Å². The maximum atomic E-state index is 8.92. The maximum Gasteiger partial charge on any atom is 0.232 e. The molecular weight excluding hydrogens is 248 g/mol. The largest absolute Gasteiger partial charge is 0.394 e. The van der Waals surface area contributed by atoms with Gasteiger partial charge in [-0.1, -0.05) is 22.4 Å². The van der Waals surface area contributed by atoms with Crippen LogP contribution >= 0.6 is 0 Å². The van der Waals surface area contributed by atoms with E-state index in [-0.39, 0.29) is 12.4 Å². The molecule has 0 saturated carbocycles. The number of aromatic nitrogens is 3. The highest BCUT2D eigenvalue weighted by Crippen LogP contribution is 2.20. The number of rotatable bonds is 4. The van der Waals surface area contributed by atoms with Crippen molar-refractivity contribution in [3.05, 3.63) is 41.7 Å². The lowest BCUT2D eigenvalue weighted by Gasteiger charge is -1.98. The maximum absolute atomic E-state index is 8.92. The van der Waals surface area contributed by atoms with Gasteiger partial charge in [-0.05, 0) is 12.1 Å². The molecule has 7 heteroatoms. The lowest BCUT2D eigenvalue weighted by molar-refractivity contribution is 0.259. The van der Waals surface area contributed by atoms with Crippen LogP contribution in [-0.4, -0.2) is 27.0 Å². The second-order valence-corrected chi connectivity index (χ2v) is 4.14. The Hall–Kier alpha value is -2.25. The van der Waals surface area contributed by atoms with Crippen LogP contribution in [0.3, 0.4) is 0 Å². The number of hydrogen-bond acceptors (Lipinski definition) is 7. The van der Waals surface area contributed by atoms with Crippen LogP contribution in [0.25, 0.3) is 11.0 Å². The van der Waals surface area contributed by atoms with E-state index < -0.39 is 6.04 Å². The summed E-state index contributed by atoms with van der Waals surface area (Å²) in [6.45, 7) is -0.230. The molecule has 3 N–H and O–H groups in total. The van der Waals surface area contributed by atoms with E-state index in [2.05, 4.69) is 15.3 Å². The topological polar surface area (TPSA) is 111 Å². The van der Waals surface area contributed by atoms with E-state index in [1.807, 2.05) is 24.3 Å². The first kappa shape index (κ1) is 11.8. The minimum Gasteiger partial charge on any atom is -0.394 e. The number of nitrogens with zero attached hydrogens (tertiary/aromatic N) is 3. The number of hydrogen-bond donors (Lipinski definition) is 2. The second kappa shape index (κ2) is 4.79. The van der Waals surface area contributed by atoms with Crippen molar-refractivity contribution < 1.29 is 14.2 Å². The number of nitrogens with two attached hydrogens (primary N) is 1. The Morgan fingerprint density at radius 3 is 2.89 bits per heavy atom. The molecule has 1 aromatic carbocycles. The first-order valence-corrected chi connectivity index (χ1v) is 5.80. The van der Waals surface area contributed by atoms with Crippen molar-refractivity contribution >= 4 is 11.0 Å². The molecule has 1 unspecified atom stereocenters. The van der Waals surface area contributed by atoms with Crippen molar-refractivity contribution in [2.45, 2.75) is 12.5 Å². The summed E-state index contributed by atoms with van der Waals surface area (Å²) in [7, 11) is 0. The standard InChI is InChI=1S/C12H12N4O3/c13-8(6-17)12-14-11(19-16-12)5-9-7-3-1-2-4-10(7)18-15-9/h1-4,8,17H,5-6,13H2. The molecule has 19 heavy (non-hydrogen) atoms. The minimum atomic E-state index is -0.633. The molecule has 3 aromatic rings. The number of para-hydroxylation sites is 1. The highest BCUT2D eigenvalue weighted by molar-refractivity contribution is 5.79. The molecule has 0 fully saturated rings. The Kier molecular flexibility index (Phi) is 2.98. The quantitative estimate of drug-likeness (QED) is 0.713. The predicted molar refractivity (Wildman–Crippen MR) is 65.1 cm³/mol. The average Bonchev–Trinajstić information content (AvgIpc) is 3.06. The van der Waals surface area contributed by atoms with Gasteiger partial charge >= 0.3 is 0 Å². The van der Waals surface area contributed by atoms with Crippen LogP contribution in [0.15, 0.2) is 33.3 Å². The molecule has 0 aliphatic heterocycles. The van der Waals surface area contributed by atoms with Gasteiger partial charge in [-0.15, -0.1) is 0 Å². The SMILES string of the molecule is NC(CO)c1noc(Cc2noc3ccccc23)n1. The van der Waals surface area contributed by atoms with E-state index in [4.69, 9.17) is 19.9 Å². The van der Waals surface area contributed by atoms with Crippen molar-refractivity contribution in [3.63, 3.8) is 0 Å². The summed E-state index contributed by atoms with van der Waals surface area (Å²) in [6.07, 6.45) is 0.363. The van der Waals surface area contributed by atoms with E-state index in [0.717, 1.165) is 11.1 Å². The summed E-state index contributed by atoms with van der Waals surface area (Å²) in [5.74, 6) is 0.670. The fourth-order valence-electron chi connectivity index (χ4n) is 1.78. The molecule has 1 atom stereocenters. The fourth-order valence-corrected chi connectivity index (χ4v) is 1.78. The van der Waals surface area contributed by atoms with Gasteiger partial charge in [-0.25, -0.2) is 0 Å². The van der Waals surface area contributed by atoms with Crippen LogP contribution in [0.4, 0.5) is 0 Å². The van der Waals surface area contributed by atoms with Crippen molar-refractivity contribution in [1.82, 2.24) is 15.3 Å². The zero-order chi connectivity index (χ0) is 13.2. The van der Waals surface area contributed by atoms with Crippen molar-refractivity contribution in [1.29, 1.82) is 0 Å². The van der Waals surface area contributed by atoms with E-state index in [1.54, 1.807) is 0 Å². The third-order valence-electron chi connectivity index (χ3n) is 2.78. The summed E-state index contributed by atoms with van der Waals surface area (Å²) in [6, 6.07) is 6.91. The van der Waals surface area contributed by atoms with Gasteiger partial charge in [0.1, 0.15) is 5.69 Å². The van der Waals surface area contributed by atoms with Gasteiger partial charge < -0.3 is 19.9 Å². The predicted octanol–water partition coefficient (Wildman–Crippen LogP) is 0.794. The zero-order valence-electron chi connectivity index (χ0n) is 9.98. The van der Waals surface area contributed by atoms with E-state index in [9.17, 15) is 0 Å². The lowest BCUT2D eigenvalue weighted by Crippen LogP contribution is -2.16. The van der Waals surface area contributed by atoms with Crippen LogP contribution in [0.5, 0.6) is 0 Å². The number of aliphatic hydroxyl groups is 1. The number of benzene rings is 1. The highest BCUT2D eigenvalue weighted by Gasteiger charge is 2.16. The fraction of sp³-hybridized carbons (Fsp3) is 0.250. The van der Waals surface area contributed by atoms with Crippen molar-refractivity contribution in [2.75, 3.05) is 6.61 Å². The van der Waals surface area contributed by atoms with Crippen LogP contribution in [0.2, 0.25) is 0 Å². The normalized spacial score (nSPS) is 12.9. The Balaban J connectivity index is 1.87. The van der Waals surface area contributed by atoms with Gasteiger partial charge in [0.2, 0.25) is 5.89 Å². The first-order chi connectivity index (χ1) is 9.28. The summed E-state index contributed by atoms with van der Waals surface area (Å²) in [5.41, 5.74) is 7.04. The lowest BCUT2D eigenvalue weighted by atomic mass is 10.2. The van der Waals surface area contributed by atoms with Gasteiger partial charge in [0.15, 0.2) is 11.4 Å². The van der Waals surface area contributed by atoms with E-state index >= 15 is 0 Å². The smallest absolute Gasteiger partial charge is 0.232 e. The van der Waals surface area contributed by atoms with Crippen molar-refractivity contribution in [2.24, 2.45) is 5.73 Å². The molecule has 0 aliphatic rings. The molecule has 2 heterocycles. The van der Waals surface area contributed by atoms with Gasteiger partial charge in [0, 0.05) is 5.39 Å². The van der Waals surface area contributed by atoms with Crippen LogP contribution in [0.1, 0.15) is 23.5 Å². The molecule has 0 amide bonds. The Bertz CT molecular complexity index is 691. The molecule has 0 bridgehead atoms. The van der Waals surface area contributed by atoms with Gasteiger partial charge in [-0.3, -0.25) is 0 Å². The molecule has 3 rings (SSSR count). The molecular formula is C12H12N4O3. The average molecular weight is 260 g/mol. The molecule has 0 aliphatic carbocycles. The molecule has 0 saturated heterocycles. The second-order valence-electron chi connectivity index (χ2n) is 4.14. The third-order valence-corrected chi connectivity index (χ3v) is 2.78. The summed E-state index contributed by atoms with van der Waals surface area (Å²) >= 11 is 0. The number of fused-ring (bicyclic) bond motifs is 1. The molecule has 98 valence electrons. The highest BCUT2D eigenvalue weighted by atomic mass is 16.5. The van der Waals surface area contributed by atoms with Gasteiger partial charge in [0.05, 0.1) is 19.1 Å². The van der Waals surface area contributed by atoms with E-state index in [1.165, 1.54) is 0 Å².